The van der Waals surface area contributed by atoms with E-state index in [0.29, 0.717) is 0 Å². The van der Waals surface area contributed by atoms with Gasteiger partial charge in [-0.15, -0.1) is 0 Å². The van der Waals surface area contributed by atoms with Crippen LogP contribution in [0.3, 0.4) is 0 Å². The molecule has 2 heteroatoms. The summed E-state index contributed by atoms with van der Waals surface area (Å²) in [6.45, 7) is 5.14. The Morgan fingerprint density at radius 2 is 2.00 bits per heavy atom. The topological polar surface area (TPSA) is 23.5 Å². The van der Waals surface area contributed by atoms with Crippen LogP contribution in [0.1, 0.15) is 51.0 Å². The Hall–Kier alpha value is -0.860. The summed E-state index contributed by atoms with van der Waals surface area (Å²) in [5.74, 6) is 0. The van der Waals surface area contributed by atoms with Gasteiger partial charge in [0.25, 0.3) is 0 Å². The molecule has 0 spiro atoms. The summed E-state index contributed by atoms with van der Waals surface area (Å²) in [5.41, 5.74) is 0.905. The minimum absolute atomic E-state index is 0.442. The lowest BCUT2D eigenvalue weighted by Crippen LogP contribution is -2.47. The fourth-order valence-corrected chi connectivity index (χ4v) is 3.09. The standard InChI is InChI=1S/C17H27NO/c1-2-3-7-11-17(19)12-8-13-18(15-17)14-16-9-5-4-6-10-16/h4-6,9-10,19H,2-3,7-8,11-15H2,1H3. The maximum Gasteiger partial charge on any atom is 0.0774 e. The molecule has 1 aromatic carbocycles. The number of likely N-dealkylation sites (tertiary alicyclic amines) is 1. The summed E-state index contributed by atoms with van der Waals surface area (Å²) in [7, 11) is 0. The molecule has 19 heavy (non-hydrogen) atoms. The van der Waals surface area contributed by atoms with E-state index in [2.05, 4.69) is 42.2 Å². The number of unbranched alkanes of at least 4 members (excludes halogenated alkanes) is 2. The van der Waals surface area contributed by atoms with Crippen molar-refractivity contribution >= 4 is 0 Å². The third-order valence-corrected chi connectivity index (χ3v) is 4.13. The summed E-state index contributed by atoms with van der Waals surface area (Å²) < 4.78 is 0. The van der Waals surface area contributed by atoms with E-state index in [-0.39, 0.29) is 0 Å². The second-order valence-electron chi connectivity index (χ2n) is 5.98. The zero-order valence-electron chi connectivity index (χ0n) is 12.1. The lowest BCUT2D eigenvalue weighted by molar-refractivity contribution is -0.0407. The van der Waals surface area contributed by atoms with Gasteiger partial charge in [0.1, 0.15) is 0 Å². The van der Waals surface area contributed by atoms with E-state index in [1.54, 1.807) is 0 Å². The highest BCUT2D eigenvalue weighted by Gasteiger charge is 2.32. The Morgan fingerprint density at radius 1 is 1.21 bits per heavy atom. The molecule has 0 radical (unpaired) electrons. The highest BCUT2D eigenvalue weighted by molar-refractivity contribution is 5.14. The second-order valence-corrected chi connectivity index (χ2v) is 5.98. The number of nitrogens with zero attached hydrogens (tertiary/aromatic N) is 1. The van der Waals surface area contributed by atoms with Crippen LogP contribution >= 0.6 is 0 Å². The normalized spacial score (nSPS) is 24.5. The molecule has 1 unspecified atom stereocenters. The Bertz CT molecular complexity index is 365. The van der Waals surface area contributed by atoms with Gasteiger partial charge in [-0.2, -0.15) is 0 Å². The predicted molar refractivity (Wildman–Crippen MR) is 80.0 cm³/mol. The number of hydrogen-bond donors (Lipinski definition) is 1. The molecule has 1 saturated heterocycles. The van der Waals surface area contributed by atoms with Crippen LogP contribution in [0, 0.1) is 0 Å². The number of β-amino-alcohol motifs (C(OH)–C–C–N with tert-alkyl or cyclic N) is 1. The highest BCUT2D eigenvalue weighted by Crippen LogP contribution is 2.27. The first-order valence-electron chi connectivity index (χ1n) is 7.70. The molecule has 106 valence electrons. The number of benzene rings is 1. The van der Waals surface area contributed by atoms with Crippen molar-refractivity contribution in [3.8, 4) is 0 Å². The molecule has 2 rings (SSSR count). The van der Waals surface area contributed by atoms with E-state index in [9.17, 15) is 5.11 Å². The maximum atomic E-state index is 10.7. The van der Waals surface area contributed by atoms with Crippen LogP contribution in [0.5, 0.6) is 0 Å². The van der Waals surface area contributed by atoms with Crippen molar-refractivity contribution in [1.82, 2.24) is 4.90 Å². The van der Waals surface area contributed by atoms with Gasteiger partial charge in [-0.3, -0.25) is 4.90 Å². The van der Waals surface area contributed by atoms with Gasteiger partial charge in [-0.1, -0.05) is 56.5 Å². The summed E-state index contributed by atoms with van der Waals surface area (Å²) in [6.07, 6.45) is 6.68. The number of piperidine rings is 1. The predicted octanol–water partition coefficient (Wildman–Crippen LogP) is 3.59. The van der Waals surface area contributed by atoms with Crippen LogP contribution < -0.4 is 0 Å². The van der Waals surface area contributed by atoms with Gasteiger partial charge in [0, 0.05) is 13.1 Å². The molecule has 1 heterocycles. The van der Waals surface area contributed by atoms with E-state index in [1.807, 2.05) is 0 Å². The van der Waals surface area contributed by atoms with Crippen molar-refractivity contribution in [2.24, 2.45) is 0 Å². The molecule has 1 atom stereocenters. The van der Waals surface area contributed by atoms with E-state index < -0.39 is 5.60 Å². The Labute approximate surface area is 117 Å². The largest absolute Gasteiger partial charge is 0.389 e. The fraction of sp³-hybridized carbons (Fsp3) is 0.647. The molecule has 0 saturated carbocycles. The SMILES string of the molecule is CCCCCC1(O)CCCN(Cc2ccccc2)C1. The van der Waals surface area contributed by atoms with Crippen molar-refractivity contribution in [1.29, 1.82) is 0 Å². The summed E-state index contributed by atoms with van der Waals surface area (Å²) in [4.78, 5) is 2.41. The number of hydrogen-bond acceptors (Lipinski definition) is 2. The molecule has 0 amide bonds. The van der Waals surface area contributed by atoms with Gasteiger partial charge in [0.15, 0.2) is 0 Å². The molecule has 0 aromatic heterocycles. The van der Waals surface area contributed by atoms with Crippen LogP contribution in [0.25, 0.3) is 0 Å². The lowest BCUT2D eigenvalue weighted by Gasteiger charge is -2.39. The number of aliphatic hydroxyl groups is 1. The first-order chi connectivity index (χ1) is 9.22. The highest BCUT2D eigenvalue weighted by atomic mass is 16.3. The first-order valence-corrected chi connectivity index (χ1v) is 7.70. The van der Waals surface area contributed by atoms with Crippen LogP contribution in [-0.2, 0) is 6.54 Å². The minimum Gasteiger partial charge on any atom is -0.389 e. The van der Waals surface area contributed by atoms with Gasteiger partial charge >= 0.3 is 0 Å². The third-order valence-electron chi connectivity index (χ3n) is 4.13. The van der Waals surface area contributed by atoms with Crippen molar-refractivity contribution in [2.45, 2.75) is 57.6 Å². The first kappa shape index (κ1) is 14.5. The van der Waals surface area contributed by atoms with E-state index in [4.69, 9.17) is 0 Å². The van der Waals surface area contributed by atoms with Crippen molar-refractivity contribution in [2.75, 3.05) is 13.1 Å². The van der Waals surface area contributed by atoms with Crippen LogP contribution in [0.15, 0.2) is 30.3 Å². The van der Waals surface area contributed by atoms with Crippen molar-refractivity contribution in [3.63, 3.8) is 0 Å². The molecular formula is C17H27NO. The van der Waals surface area contributed by atoms with Gasteiger partial charge in [0.2, 0.25) is 0 Å². The van der Waals surface area contributed by atoms with Gasteiger partial charge in [-0.05, 0) is 31.4 Å². The lowest BCUT2D eigenvalue weighted by atomic mass is 9.87. The van der Waals surface area contributed by atoms with Gasteiger partial charge in [0.05, 0.1) is 5.60 Å². The molecule has 1 aromatic rings. The Balaban J connectivity index is 1.86. The maximum absolute atomic E-state index is 10.7. The van der Waals surface area contributed by atoms with Crippen molar-refractivity contribution < 1.29 is 5.11 Å². The van der Waals surface area contributed by atoms with Crippen molar-refractivity contribution in [3.05, 3.63) is 35.9 Å². The molecule has 1 fully saturated rings. The molecule has 2 nitrogen and oxygen atoms in total. The van der Waals surface area contributed by atoms with Crippen LogP contribution in [0.4, 0.5) is 0 Å². The Morgan fingerprint density at radius 3 is 2.74 bits per heavy atom. The smallest absolute Gasteiger partial charge is 0.0774 e. The Kier molecular flexibility index (Phi) is 5.41. The third kappa shape index (κ3) is 4.63. The second kappa shape index (κ2) is 7.06. The monoisotopic (exact) mass is 261 g/mol. The fourth-order valence-electron chi connectivity index (χ4n) is 3.09. The zero-order chi connectivity index (χ0) is 13.6. The average Bonchev–Trinajstić information content (AvgIpc) is 2.40. The molecule has 1 aliphatic heterocycles. The molecule has 0 aliphatic carbocycles. The van der Waals surface area contributed by atoms with Crippen LogP contribution in [0.2, 0.25) is 0 Å². The molecular weight excluding hydrogens is 234 g/mol. The summed E-state index contributed by atoms with van der Waals surface area (Å²) in [6, 6.07) is 10.6. The molecule has 1 aliphatic rings. The van der Waals surface area contributed by atoms with Crippen LogP contribution in [-0.4, -0.2) is 28.7 Å². The van der Waals surface area contributed by atoms with E-state index in [1.165, 1.54) is 18.4 Å². The van der Waals surface area contributed by atoms with E-state index in [0.717, 1.165) is 45.3 Å². The summed E-state index contributed by atoms with van der Waals surface area (Å²) in [5, 5.41) is 10.7. The number of rotatable bonds is 6. The quantitative estimate of drug-likeness (QED) is 0.791. The minimum atomic E-state index is -0.442. The van der Waals surface area contributed by atoms with E-state index >= 15 is 0 Å². The van der Waals surface area contributed by atoms with Gasteiger partial charge in [-0.25, -0.2) is 0 Å². The van der Waals surface area contributed by atoms with Gasteiger partial charge < -0.3 is 5.11 Å². The zero-order valence-corrected chi connectivity index (χ0v) is 12.1. The molecule has 1 N–H and O–H groups in total. The average molecular weight is 261 g/mol. The summed E-state index contributed by atoms with van der Waals surface area (Å²) >= 11 is 0. The molecule has 0 bridgehead atoms.